The highest BCUT2D eigenvalue weighted by Gasteiger charge is 2.16. The number of amides is 1. The van der Waals surface area contributed by atoms with Crippen molar-refractivity contribution in [3.8, 4) is 5.75 Å². The van der Waals surface area contributed by atoms with E-state index in [2.05, 4.69) is 5.32 Å². The first-order chi connectivity index (χ1) is 11.6. The van der Waals surface area contributed by atoms with E-state index in [4.69, 9.17) is 9.47 Å². The quantitative estimate of drug-likeness (QED) is 0.654. The lowest BCUT2D eigenvalue weighted by Crippen LogP contribution is -2.29. The fraction of sp³-hybridized carbons (Fsp3) is 0.158. The van der Waals surface area contributed by atoms with Crippen LogP contribution in [-0.4, -0.2) is 25.1 Å². The molecule has 2 rings (SSSR count). The van der Waals surface area contributed by atoms with Gasteiger partial charge in [0.25, 0.3) is 5.91 Å². The maximum absolute atomic E-state index is 12.0. The van der Waals surface area contributed by atoms with Crippen LogP contribution in [0.3, 0.4) is 0 Å². The fourth-order valence-corrected chi connectivity index (χ4v) is 1.94. The molecule has 0 aliphatic rings. The summed E-state index contributed by atoms with van der Waals surface area (Å²) in [5, 5.41) is 2.68. The number of esters is 1. The molecule has 1 amide bonds. The van der Waals surface area contributed by atoms with Gasteiger partial charge in [-0.25, -0.2) is 4.79 Å². The molecule has 1 atom stereocenters. The van der Waals surface area contributed by atoms with E-state index >= 15 is 0 Å². The van der Waals surface area contributed by atoms with Gasteiger partial charge in [-0.3, -0.25) is 4.79 Å². The lowest BCUT2D eigenvalue weighted by molar-refractivity contribution is -0.148. The standard InChI is InChI=1S/C19H19NO4/c1-14(19(22)20-16-8-4-3-5-9-16)24-18(21)12-11-15-7-6-10-17(13-15)23-2/h3-14H,1-2H3,(H,20,22)/b12-11+/t14-/m0/s1. The smallest absolute Gasteiger partial charge is 0.331 e. The van der Waals surface area contributed by atoms with Gasteiger partial charge >= 0.3 is 5.97 Å². The highest BCUT2D eigenvalue weighted by Crippen LogP contribution is 2.14. The number of hydrogen-bond donors (Lipinski definition) is 1. The molecular formula is C19H19NO4. The molecule has 0 heterocycles. The van der Waals surface area contributed by atoms with Crippen LogP contribution >= 0.6 is 0 Å². The van der Waals surface area contributed by atoms with E-state index in [9.17, 15) is 9.59 Å². The van der Waals surface area contributed by atoms with Gasteiger partial charge in [0.05, 0.1) is 7.11 Å². The van der Waals surface area contributed by atoms with Crippen molar-refractivity contribution in [1.82, 2.24) is 0 Å². The average Bonchev–Trinajstić information content (AvgIpc) is 2.61. The lowest BCUT2D eigenvalue weighted by atomic mass is 10.2. The third-order valence-corrected chi connectivity index (χ3v) is 3.21. The van der Waals surface area contributed by atoms with Crippen LogP contribution in [0.2, 0.25) is 0 Å². The predicted octanol–water partition coefficient (Wildman–Crippen LogP) is 3.28. The van der Waals surface area contributed by atoms with Gasteiger partial charge in [0, 0.05) is 11.8 Å². The molecule has 0 unspecified atom stereocenters. The van der Waals surface area contributed by atoms with E-state index in [-0.39, 0.29) is 5.91 Å². The maximum atomic E-state index is 12.0. The number of anilines is 1. The number of carbonyl (C=O) groups excluding carboxylic acids is 2. The van der Waals surface area contributed by atoms with Crippen LogP contribution in [0.4, 0.5) is 5.69 Å². The van der Waals surface area contributed by atoms with Crippen molar-refractivity contribution in [1.29, 1.82) is 0 Å². The summed E-state index contributed by atoms with van der Waals surface area (Å²) >= 11 is 0. The Hall–Kier alpha value is -3.08. The number of para-hydroxylation sites is 1. The van der Waals surface area contributed by atoms with Crippen molar-refractivity contribution in [2.24, 2.45) is 0 Å². The van der Waals surface area contributed by atoms with Crippen LogP contribution in [-0.2, 0) is 14.3 Å². The SMILES string of the molecule is COc1cccc(/C=C/C(=O)O[C@@H](C)C(=O)Nc2ccccc2)c1. The first kappa shape index (κ1) is 17.3. The number of carbonyl (C=O) groups is 2. The summed E-state index contributed by atoms with van der Waals surface area (Å²) in [7, 11) is 1.57. The second-order valence-corrected chi connectivity index (χ2v) is 5.04. The third kappa shape index (κ3) is 5.28. The van der Waals surface area contributed by atoms with E-state index in [0.29, 0.717) is 11.4 Å². The second-order valence-electron chi connectivity index (χ2n) is 5.04. The fourth-order valence-electron chi connectivity index (χ4n) is 1.94. The molecule has 5 heteroatoms. The van der Waals surface area contributed by atoms with E-state index in [0.717, 1.165) is 5.56 Å². The number of methoxy groups -OCH3 is 1. The Balaban J connectivity index is 1.88. The van der Waals surface area contributed by atoms with Crippen molar-refractivity contribution in [3.63, 3.8) is 0 Å². The summed E-state index contributed by atoms with van der Waals surface area (Å²) in [4.78, 5) is 23.8. The first-order valence-corrected chi connectivity index (χ1v) is 7.47. The molecule has 0 radical (unpaired) electrons. The van der Waals surface area contributed by atoms with Gasteiger partial charge in [0.1, 0.15) is 5.75 Å². The number of nitrogens with one attached hydrogen (secondary N) is 1. The molecule has 0 spiro atoms. The predicted molar refractivity (Wildman–Crippen MR) is 92.7 cm³/mol. The summed E-state index contributed by atoms with van der Waals surface area (Å²) in [5.41, 5.74) is 1.45. The van der Waals surface area contributed by atoms with Gasteiger partial charge in [0.15, 0.2) is 6.10 Å². The van der Waals surface area contributed by atoms with Gasteiger partial charge in [-0.1, -0.05) is 30.3 Å². The molecule has 0 bridgehead atoms. The highest BCUT2D eigenvalue weighted by molar-refractivity contribution is 5.96. The summed E-state index contributed by atoms with van der Waals surface area (Å²) in [5.74, 6) is -0.279. The zero-order valence-corrected chi connectivity index (χ0v) is 13.6. The van der Waals surface area contributed by atoms with Gasteiger partial charge in [0.2, 0.25) is 0 Å². The maximum Gasteiger partial charge on any atom is 0.331 e. The Morgan fingerprint density at radius 3 is 2.54 bits per heavy atom. The Bertz CT molecular complexity index is 725. The van der Waals surface area contributed by atoms with Crippen molar-refractivity contribution in [3.05, 3.63) is 66.2 Å². The molecule has 1 N–H and O–H groups in total. The number of benzene rings is 2. The van der Waals surface area contributed by atoms with Crippen LogP contribution in [0.1, 0.15) is 12.5 Å². The van der Waals surface area contributed by atoms with Gasteiger partial charge < -0.3 is 14.8 Å². The van der Waals surface area contributed by atoms with Crippen LogP contribution in [0.5, 0.6) is 5.75 Å². The largest absolute Gasteiger partial charge is 0.497 e. The summed E-state index contributed by atoms with van der Waals surface area (Å²) in [6.07, 6.45) is 1.99. The summed E-state index contributed by atoms with van der Waals surface area (Å²) in [6, 6.07) is 16.2. The Labute approximate surface area is 140 Å². The monoisotopic (exact) mass is 325 g/mol. The molecule has 24 heavy (non-hydrogen) atoms. The van der Waals surface area contributed by atoms with E-state index in [1.165, 1.54) is 13.0 Å². The number of ether oxygens (including phenoxy) is 2. The average molecular weight is 325 g/mol. The molecule has 0 fully saturated rings. The Morgan fingerprint density at radius 1 is 1.08 bits per heavy atom. The zero-order chi connectivity index (χ0) is 17.4. The first-order valence-electron chi connectivity index (χ1n) is 7.47. The van der Waals surface area contributed by atoms with E-state index < -0.39 is 12.1 Å². The third-order valence-electron chi connectivity index (χ3n) is 3.21. The molecule has 5 nitrogen and oxygen atoms in total. The molecule has 0 saturated carbocycles. The van der Waals surface area contributed by atoms with Gasteiger partial charge in [-0.15, -0.1) is 0 Å². The zero-order valence-electron chi connectivity index (χ0n) is 13.6. The Kier molecular flexibility index (Phi) is 6.14. The summed E-state index contributed by atoms with van der Waals surface area (Å²) < 4.78 is 10.2. The van der Waals surface area contributed by atoms with Crippen LogP contribution in [0, 0.1) is 0 Å². The van der Waals surface area contributed by atoms with Crippen molar-refractivity contribution < 1.29 is 19.1 Å². The molecule has 0 aliphatic carbocycles. The topological polar surface area (TPSA) is 64.6 Å². The van der Waals surface area contributed by atoms with Gasteiger partial charge in [-0.05, 0) is 42.8 Å². The lowest BCUT2D eigenvalue weighted by Gasteiger charge is -2.12. The normalized spacial score (nSPS) is 11.8. The van der Waals surface area contributed by atoms with Crippen molar-refractivity contribution >= 4 is 23.6 Å². The molecule has 0 aliphatic heterocycles. The molecule has 0 aromatic heterocycles. The number of rotatable bonds is 6. The van der Waals surface area contributed by atoms with Crippen LogP contribution in [0.15, 0.2) is 60.7 Å². The van der Waals surface area contributed by atoms with Crippen LogP contribution in [0.25, 0.3) is 6.08 Å². The molecule has 0 saturated heterocycles. The second kappa shape index (κ2) is 8.53. The number of hydrogen-bond acceptors (Lipinski definition) is 4. The van der Waals surface area contributed by atoms with E-state index in [1.54, 1.807) is 31.4 Å². The van der Waals surface area contributed by atoms with Crippen LogP contribution < -0.4 is 10.1 Å². The molecule has 2 aromatic rings. The van der Waals surface area contributed by atoms with E-state index in [1.807, 2.05) is 36.4 Å². The highest BCUT2D eigenvalue weighted by atomic mass is 16.5. The minimum absolute atomic E-state index is 0.385. The van der Waals surface area contributed by atoms with Crippen molar-refractivity contribution in [2.45, 2.75) is 13.0 Å². The summed E-state index contributed by atoms with van der Waals surface area (Å²) in [6.45, 7) is 1.52. The minimum atomic E-state index is -0.896. The minimum Gasteiger partial charge on any atom is -0.497 e. The molecule has 2 aromatic carbocycles. The molecule has 124 valence electrons. The Morgan fingerprint density at radius 2 is 1.83 bits per heavy atom. The molecular weight excluding hydrogens is 306 g/mol. The van der Waals surface area contributed by atoms with Gasteiger partial charge in [-0.2, -0.15) is 0 Å². The van der Waals surface area contributed by atoms with Crippen molar-refractivity contribution in [2.75, 3.05) is 12.4 Å².